The number of ether oxygens (including phenoxy) is 3. The number of hydrogen-bond acceptors (Lipinski definition) is 10. The van der Waals surface area contributed by atoms with E-state index >= 15 is 0 Å². The molecule has 2 saturated heterocycles. The van der Waals surface area contributed by atoms with E-state index in [0.717, 1.165) is 19.5 Å². The molecule has 0 aromatic heterocycles. The molecule has 10 heteroatoms. The Balaban J connectivity index is 1.72. The monoisotopic (exact) mass is 544 g/mol. The van der Waals surface area contributed by atoms with Gasteiger partial charge in [0, 0.05) is 56.4 Å². The zero-order valence-corrected chi connectivity index (χ0v) is 23.7. The molecule has 7 atom stereocenters. The van der Waals surface area contributed by atoms with Gasteiger partial charge in [0.2, 0.25) is 5.78 Å². The van der Waals surface area contributed by atoms with Crippen molar-refractivity contribution in [3.8, 4) is 0 Å². The lowest BCUT2D eigenvalue weighted by Gasteiger charge is -2.54. The lowest BCUT2D eigenvalue weighted by molar-refractivity contribution is -0.161. The second kappa shape index (κ2) is 9.74. The highest BCUT2D eigenvalue weighted by molar-refractivity contribution is 6.13. The van der Waals surface area contributed by atoms with Gasteiger partial charge in [-0.1, -0.05) is 6.92 Å². The maximum Gasteiger partial charge on any atom is 0.340 e. The molecule has 5 aliphatic rings. The van der Waals surface area contributed by atoms with E-state index < -0.39 is 52.6 Å². The van der Waals surface area contributed by atoms with Crippen LogP contribution in [0.5, 0.6) is 0 Å². The van der Waals surface area contributed by atoms with Gasteiger partial charge >= 0.3 is 11.9 Å². The van der Waals surface area contributed by atoms with E-state index in [4.69, 9.17) is 14.2 Å². The normalized spacial score (nSPS) is 39.5. The number of carbonyl (C=O) groups is 3. The van der Waals surface area contributed by atoms with Crippen LogP contribution in [-0.2, 0) is 28.6 Å². The molecule has 0 aromatic rings. The van der Waals surface area contributed by atoms with Crippen molar-refractivity contribution in [3.05, 3.63) is 34.3 Å². The smallest absolute Gasteiger partial charge is 0.340 e. The number of likely N-dealkylation sites (N-methyl/N-ethyl adjacent to an activating group) is 2. The minimum atomic E-state index is -1.20. The van der Waals surface area contributed by atoms with Gasteiger partial charge in [-0.2, -0.15) is 0 Å². The summed E-state index contributed by atoms with van der Waals surface area (Å²) in [5.41, 5.74) is -0.721. The average Bonchev–Trinajstić information content (AvgIpc) is 3.42. The van der Waals surface area contributed by atoms with E-state index in [1.807, 2.05) is 32.8 Å². The third kappa shape index (κ3) is 4.14. The Bertz CT molecular complexity index is 1190. The third-order valence-corrected chi connectivity index (χ3v) is 9.93. The molecule has 0 bridgehead atoms. The maximum absolute atomic E-state index is 14.1. The summed E-state index contributed by atoms with van der Waals surface area (Å²) in [6.45, 7) is 6.81. The molecule has 0 amide bonds. The summed E-state index contributed by atoms with van der Waals surface area (Å²) in [4.78, 5) is 44.0. The van der Waals surface area contributed by atoms with Crippen molar-refractivity contribution >= 4 is 17.7 Å². The summed E-state index contributed by atoms with van der Waals surface area (Å²) < 4.78 is 17.3. The number of rotatable bonds is 5. The number of esters is 2. The number of nitrogens with zero attached hydrogens (tertiary/aromatic N) is 2. The highest BCUT2D eigenvalue weighted by atomic mass is 16.6. The number of cyclic esters (lactones) is 1. The van der Waals surface area contributed by atoms with Gasteiger partial charge in [-0.05, 0) is 57.7 Å². The Hall–Kier alpha value is -2.69. The number of carbonyl (C=O) groups excluding carboxylic acids is 3. The number of aliphatic hydroxyl groups is 2. The Morgan fingerprint density at radius 2 is 1.97 bits per heavy atom. The number of allylic oxidation sites excluding steroid dienone is 1. The molecule has 5 rings (SSSR count). The SMILES string of the molecule is COC[C@H]1OC(=O)/C(=C/N(C)C2CCN(C)C2)C2=C(O)C(=O)C3=C([C@H](OC(C)=O)C[C@@]4(C)C3CC[C@@H]4O)[C@]21C. The molecule has 3 aliphatic carbocycles. The standard InChI is InChI=1S/C29H40N2O8/c1-15(32)38-19-11-28(2)18(7-8-20(28)33)22-24(19)29(3)21(14-37-6)39-27(36)17(23(29)26(35)25(22)34)13-31(5)16-9-10-30(4)12-16/h13,16,18-21,33,35H,7-12,14H2,1-6H3/b17-13+/t16?,18?,19-,20+,21-,28+,29+/m1/s1. The van der Waals surface area contributed by atoms with Crippen LogP contribution in [-0.4, -0.2) is 103 Å². The Morgan fingerprint density at radius 1 is 1.26 bits per heavy atom. The van der Waals surface area contributed by atoms with Crippen LogP contribution in [0.2, 0.25) is 0 Å². The predicted octanol–water partition coefficient (Wildman–Crippen LogP) is 1.89. The first-order chi connectivity index (χ1) is 18.3. The van der Waals surface area contributed by atoms with Gasteiger partial charge in [-0.25, -0.2) is 4.79 Å². The number of fused-ring (bicyclic) bond motifs is 4. The summed E-state index contributed by atoms with van der Waals surface area (Å²) in [7, 11) is 5.41. The molecule has 2 aliphatic heterocycles. The van der Waals surface area contributed by atoms with Crippen molar-refractivity contribution in [2.24, 2.45) is 16.7 Å². The molecule has 214 valence electrons. The van der Waals surface area contributed by atoms with Crippen molar-refractivity contribution in [1.82, 2.24) is 9.80 Å². The van der Waals surface area contributed by atoms with E-state index in [1.54, 1.807) is 6.20 Å². The van der Waals surface area contributed by atoms with E-state index in [9.17, 15) is 24.6 Å². The minimum Gasteiger partial charge on any atom is -0.504 e. The first-order valence-corrected chi connectivity index (χ1v) is 13.7. The molecule has 2 N–H and O–H groups in total. The number of methoxy groups -OCH3 is 1. The molecule has 2 heterocycles. The van der Waals surface area contributed by atoms with E-state index in [1.165, 1.54) is 14.0 Å². The van der Waals surface area contributed by atoms with Crippen LogP contribution < -0.4 is 0 Å². The molecular weight excluding hydrogens is 504 g/mol. The van der Waals surface area contributed by atoms with Gasteiger partial charge in [-0.15, -0.1) is 0 Å². The molecule has 0 spiro atoms. The molecule has 0 aromatic carbocycles. The number of aliphatic hydroxyl groups excluding tert-OH is 2. The predicted molar refractivity (Wildman–Crippen MR) is 140 cm³/mol. The largest absolute Gasteiger partial charge is 0.504 e. The van der Waals surface area contributed by atoms with E-state index in [-0.39, 0.29) is 29.7 Å². The summed E-state index contributed by atoms with van der Waals surface area (Å²) in [5.74, 6) is -2.59. The maximum atomic E-state index is 14.1. The fraction of sp³-hybridized carbons (Fsp3) is 0.690. The molecule has 2 unspecified atom stereocenters. The van der Waals surface area contributed by atoms with Crippen molar-refractivity contribution in [3.63, 3.8) is 0 Å². The summed E-state index contributed by atoms with van der Waals surface area (Å²) in [6, 6.07) is 0.152. The van der Waals surface area contributed by atoms with Crippen LogP contribution in [0.25, 0.3) is 0 Å². The third-order valence-electron chi connectivity index (χ3n) is 9.93. The van der Waals surface area contributed by atoms with Gasteiger partial charge in [0.25, 0.3) is 0 Å². The van der Waals surface area contributed by atoms with Crippen LogP contribution in [0.3, 0.4) is 0 Å². The second-order valence-corrected chi connectivity index (χ2v) is 12.3. The van der Waals surface area contributed by atoms with Crippen LogP contribution in [0.1, 0.15) is 46.5 Å². The topological polar surface area (TPSA) is 126 Å². The molecule has 1 saturated carbocycles. The molecule has 10 nitrogen and oxygen atoms in total. The van der Waals surface area contributed by atoms with Gasteiger partial charge in [0.15, 0.2) is 5.76 Å². The Kier molecular flexibility index (Phi) is 6.96. The number of hydrogen-bond donors (Lipinski definition) is 2. The molecule has 39 heavy (non-hydrogen) atoms. The molecule has 0 radical (unpaired) electrons. The summed E-state index contributed by atoms with van der Waals surface area (Å²) >= 11 is 0. The summed E-state index contributed by atoms with van der Waals surface area (Å²) in [6.07, 6.45) is 1.54. The number of ketones is 1. The van der Waals surface area contributed by atoms with E-state index in [2.05, 4.69) is 4.90 Å². The van der Waals surface area contributed by atoms with Crippen molar-refractivity contribution < 1.29 is 38.8 Å². The average molecular weight is 545 g/mol. The molecule has 3 fully saturated rings. The van der Waals surface area contributed by atoms with Crippen molar-refractivity contribution in [1.29, 1.82) is 0 Å². The van der Waals surface area contributed by atoms with Crippen LogP contribution in [0.4, 0.5) is 0 Å². The lowest BCUT2D eigenvalue weighted by Crippen LogP contribution is -2.57. The fourth-order valence-electron chi connectivity index (χ4n) is 7.83. The fourth-order valence-corrected chi connectivity index (χ4v) is 7.83. The van der Waals surface area contributed by atoms with Gasteiger partial charge < -0.3 is 34.2 Å². The van der Waals surface area contributed by atoms with Crippen LogP contribution in [0, 0.1) is 16.7 Å². The zero-order valence-electron chi connectivity index (χ0n) is 23.7. The van der Waals surface area contributed by atoms with Gasteiger partial charge in [0.05, 0.1) is 23.7 Å². The first-order valence-electron chi connectivity index (χ1n) is 13.7. The van der Waals surface area contributed by atoms with Crippen molar-refractivity contribution in [2.75, 3.05) is 40.9 Å². The van der Waals surface area contributed by atoms with Crippen LogP contribution >= 0.6 is 0 Å². The second-order valence-electron chi connectivity index (χ2n) is 12.3. The zero-order chi connectivity index (χ0) is 28.4. The summed E-state index contributed by atoms with van der Waals surface area (Å²) in [5, 5.41) is 22.6. The highest BCUT2D eigenvalue weighted by Crippen LogP contribution is 2.63. The first kappa shape index (κ1) is 27.9. The minimum absolute atomic E-state index is 0.0118. The van der Waals surface area contributed by atoms with Crippen molar-refractivity contribution in [2.45, 2.75) is 70.8 Å². The highest BCUT2D eigenvalue weighted by Gasteiger charge is 2.64. The van der Waals surface area contributed by atoms with Gasteiger partial charge in [0.1, 0.15) is 12.2 Å². The Labute approximate surface area is 229 Å². The van der Waals surface area contributed by atoms with Crippen LogP contribution in [0.15, 0.2) is 34.3 Å². The van der Waals surface area contributed by atoms with E-state index in [0.29, 0.717) is 30.4 Å². The molecular formula is C29H40N2O8. The number of Topliss-reactive ketones (excluding diaryl/α,β-unsaturated/α-hetero) is 1. The quantitative estimate of drug-likeness (QED) is 0.391. The number of likely N-dealkylation sites (tertiary alicyclic amines) is 1. The lowest BCUT2D eigenvalue weighted by atomic mass is 9.53. The van der Waals surface area contributed by atoms with Gasteiger partial charge in [-0.3, -0.25) is 9.59 Å². The Morgan fingerprint density at radius 3 is 2.59 bits per heavy atom.